The maximum Gasteiger partial charge on any atom is 0.343 e. The highest BCUT2D eigenvalue weighted by Crippen LogP contribution is 2.30. The van der Waals surface area contributed by atoms with E-state index in [4.69, 9.17) is 28.4 Å². The van der Waals surface area contributed by atoms with Crippen LogP contribution in [0.5, 0.6) is 23.0 Å². The van der Waals surface area contributed by atoms with Crippen molar-refractivity contribution < 1.29 is 52.4 Å². The van der Waals surface area contributed by atoms with Crippen LogP contribution in [0.2, 0.25) is 0 Å². The Hall–Kier alpha value is -7.01. The Morgan fingerprint density at radius 1 is 0.452 bits per heavy atom. The Morgan fingerprint density at radius 3 is 1.15 bits per heavy atom. The average molecular weight is 841 g/mol. The highest BCUT2D eigenvalue weighted by molar-refractivity contribution is 6.15. The first kappa shape index (κ1) is 46.1. The highest BCUT2D eigenvalue weighted by Gasteiger charge is 2.23. The molecule has 1 fully saturated rings. The van der Waals surface area contributed by atoms with Crippen LogP contribution < -0.4 is 18.9 Å². The molecule has 0 bridgehead atoms. The van der Waals surface area contributed by atoms with Crippen LogP contribution in [0.1, 0.15) is 96.1 Å². The summed E-state index contributed by atoms with van der Waals surface area (Å²) in [5.74, 6) is 0.254. The number of ketones is 1. The molecule has 0 saturated heterocycles. The van der Waals surface area contributed by atoms with Gasteiger partial charge < -0.3 is 28.4 Å². The number of hydrogen-bond donors (Lipinski definition) is 0. The third-order valence-electron chi connectivity index (χ3n) is 9.73. The Bertz CT molecular complexity index is 2040. The standard InChI is InChI=1S/C51H52O11/c1-3-47(52)59-33-11-7-5-9-31-57-43-27-19-39(20-28-43)50(55)61-45-23-13-37(14-24-45)35-41-17-18-42(49(41)54)36-38-15-25-46(26-16-38)62-51(56)40-21-29-44(30-22-40)58-32-10-6-8-12-34-60-48(53)4-2/h3-4,13-16,19-30,35-36H,1-2,5-12,17-18,31-34H2. The first-order chi connectivity index (χ1) is 30.2. The second-order valence-corrected chi connectivity index (χ2v) is 14.4. The van der Waals surface area contributed by atoms with Crippen LogP contribution in [0.25, 0.3) is 12.2 Å². The smallest absolute Gasteiger partial charge is 0.343 e. The second kappa shape index (κ2) is 24.9. The van der Waals surface area contributed by atoms with E-state index in [1.54, 1.807) is 97.1 Å². The van der Waals surface area contributed by atoms with Crippen molar-refractivity contribution in [2.45, 2.75) is 64.2 Å². The Labute approximate surface area is 362 Å². The zero-order valence-electron chi connectivity index (χ0n) is 34.9. The number of unbranched alkanes of at least 4 members (excludes halogenated alkanes) is 6. The van der Waals surface area contributed by atoms with Crippen molar-refractivity contribution in [2.24, 2.45) is 0 Å². The summed E-state index contributed by atoms with van der Waals surface area (Å²) in [5, 5.41) is 0. The number of esters is 4. The molecule has 5 rings (SSSR count). The Kier molecular flexibility index (Phi) is 18.5. The maximum absolute atomic E-state index is 13.3. The third kappa shape index (κ3) is 15.5. The zero-order chi connectivity index (χ0) is 43.9. The van der Waals surface area contributed by atoms with Crippen LogP contribution in [-0.4, -0.2) is 56.1 Å². The minimum Gasteiger partial charge on any atom is -0.494 e. The van der Waals surface area contributed by atoms with Crippen molar-refractivity contribution in [1.82, 2.24) is 0 Å². The maximum atomic E-state index is 13.3. The molecule has 62 heavy (non-hydrogen) atoms. The summed E-state index contributed by atoms with van der Waals surface area (Å²) in [7, 11) is 0. The van der Waals surface area contributed by atoms with E-state index in [9.17, 15) is 24.0 Å². The van der Waals surface area contributed by atoms with Crippen molar-refractivity contribution in [1.29, 1.82) is 0 Å². The van der Waals surface area contributed by atoms with E-state index in [-0.39, 0.29) is 5.78 Å². The Balaban J connectivity index is 1.00. The largest absolute Gasteiger partial charge is 0.494 e. The summed E-state index contributed by atoms with van der Waals surface area (Å²) in [6.07, 6.45) is 14.3. The SMILES string of the molecule is C=CC(=O)OCCCCCCOc1ccc(C(=O)Oc2ccc(C=C3CCC(=Cc4ccc(OC(=O)c5ccc(OCCCCCCOC(=O)C=C)cc5)cc4)C3=O)cc2)cc1. The molecule has 0 N–H and O–H groups in total. The minimum absolute atomic E-state index is 0.0247. The number of allylic oxidation sites excluding steroid dienone is 2. The van der Waals surface area contributed by atoms with Gasteiger partial charge in [0, 0.05) is 23.3 Å². The van der Waals surface area contributed by atoms with Gasteiger partial charge in [-0.2, -0.15) is 0 Å². The van der Waals surface area contributed by atoms with Gasteiger partial charge in [-0.25, -0.2) is 19.2 Å². The van der Waals surface area contributed by atoms with E-state index in [0.717, 1.165) is 74.6 Å². The number of benzene rings is 4. The first-order valence-electron chi connectivity index (χ1n) is 20.8. The molecule has 4 aromatic rings. The second-order valence-electron chi connectivity index (χ2n) is 14.4. The van der Waals surface area contributed by atoms with E-state index >= 15 is 0 Å². The summed E-state index contributed by atoms with van der Waals surface area (Å²) >= 11 is 0. The molecule has 1 aliphatic carbocycles. The number of ether oxygens (including phenoxy) is 6. The van der Waals surface area contributed by atoms with Gasteiger partial charge in [-0.3, -0.25) is 4.79 Å². The molecule has 11 heteroatoms. The number of carbonyl (C=O) groups is 5. The van der Waals surface area contributed by atoms with E-state index in [1.807, 2.05) is 12.2 Å². The van der Waals surface area contributed by atoms with E-state index in [0.29, 0.717) is 84.5 Å². The van der Waals surface area contributed by atoms with Crippen molar-refractivity contribution in [3.8, 4) is 23.0 Å². The fraction of sp³-hybridized carbons (Fsp3) is 0.275. The number of hydrogen-bond acceptors (Lipinski definition) is 11. The quantitative estimate of drug-likeness (QED) is 0.0288. The van der Waals surface area contributed by atoms with Crippen LogP contribution in [-0.2, 0) is 23.9 Å². The molecule has 0 amide bonds. The number of rotatable bonds is 24. The van der Waals surface area contributed by atoms with Gasteiger partial charge in [-0.15, -0.1) is 0 Å². The van der Waals surface area contributed by atoms with E-state index in [1.165, 1.54) is 0 Å². The van der Waals surface area contributed by atoms with Crippen LogP contribution in [0.3, 0.4) is 0 Å². The monoisotopic (exact) mass is 840 g/mol. The van der Waals surface area contributed by atoms with E-state index < -0.39 is 23.9 Å². The van der Waals surface area contributed by atoms with Gasteiger partial charge >= 0.3 is 23.9 Å². The fourth-order valence-electron chi connectivity index (χ4n) is 6.31. The predicted octanol–water partition coefficient (Wildman–Crippen LogP) is 10.3. The Morgan fingerprint density at radius 2 is 0.790 bits per heavy atom. The molecular formula is C51H52O11. The van der Waals surface area contributed by atoms with Crippen molar-refractivity contribution >= 4 is 41.8 Å². The van der Waals surface area contributed by atoms with Gasteiger partial charge in [-0.1, -0.05) is 37.4 Å². The molecule has 11 nitrogen and oxygen atoms in total. The number of Topliss-reactive ketones (excluding diaryl/α,β-unsaturated/α-hetero) is 1. The van der Waals surface area contributed by atoms with Crippen LogP contribution in [0.4, 0.5) is 0 Å². The molecule has 322 valence electrons. The lowest BCUT2D eigenvalue weighted by Crippen LogP contribution is -2.08. The van der Waals surface area contributed by atoms with Gasteiger partial charge in [0.15, 0.2) is 5.78 Å². The van der Waals surface area contributed by atoms with Crippen molar-refractivity contribution in [2.75, 3.05) is 26.4 Å². The predicted molar refractivity (Wildman–Crippen MR) is 236 cm³/mol. The highest BCUT2D eigenvalue weighted by atomic mass is 16.5. The summed E-state index contributed by atoms with van der Waals surface area (Å²) in [4.78, 5) is 60.9. The molecule has 0 radical (unpaired) electrons. The normalized spacial score (nSPS) is 13.3. The summed E-state index contributed by atoms with van der Waals surface area (Å²) in [6, 6.07) is 27.6. The topological polar surface area (TPSA) is 141 Å². The zero-order valence-corrected chi connectivity index (χ0v) is 34.9. The van der Waals surface area contributed by atoms with Gasteiger partial charge in [-0.05, 0) is 160 Å². The fourth-order valence-corrected chi connectivity index (χ4v) is 6.31. The number of carbonyl (C=O) groups excluding carboxylic acids is 5. The molecule has 1 aliphatic rings. The average Bonchev–Trinajstić information content (AvgIpc) is 3.63. The van der Waals surface area contributed by atoms with Gasteiger partial charge in [0.1, 0.15) is 23.0 Å². The summed E-state index contributed by atoms with van der Waals surface area (Å²) in [6.45, 7) is 8.59. The third-order valence-corrected chi connectivity index (χ3v) is 9.73. The molecule has 0 spiro atoms. The molecule has 0 unspecified atom stereocenters. The molecule has 0 atom stereocenters. The minimum atomic E-state index is -0.494. The summed E-state index contributed by atoms with van der Waals surface area (Å²) < 4.78 is 32.6. The molecule has 0 aliphatic heterocycles. The lowest BCUT2D eigenvalue weighted by Gasteiger charge is -2.08. The van der Waals surface area contributed by atoms with Crippen LogP contribution >= 0.6 is 0 Å². The summed E-state index contributed by atoms with van der Waals surface area (Å²) in [5.41, 5.74) is 3.79. The van der Waals surface area contributed by atoms with Crippen LogP contribution in [0, 0.1) is 0 Å². The molecule has 0 aromatic heterocycles. The van der Waals surface area contributed by atoms with Crippen molar-refractivity contribution in [3.63, 3.8) is 0 Å². The van der Waals surface area contributed by atoms with E-state index in [2.05, 4.69) is 13.2 Å². The molecule has 0 heterocycles. The lowest BCUT2D eigenvalue weighted by molar-refractivity contribution is -0.138. The van der Waals surface area contributed by atoms with Gasteiger partial charge in [0.05, 0.1) is 37.6 Å². The lowest BCUT2D eigenvalue weighted by atomic mass is 10.1. The van der Waals surface area contributed by atoms with Crippen LogP contribution in [0.15, 0.2) is 134 Å². The molecular weight excluding hydrogens is 789 g/mol. The van der Waals surface area contributed by atoms with Crippen molar-refractivity contribution in [3.05, 3.63) is 156 Å². The molecule has 4 aromatic carbocycles. The first-order valence-corrected chi connectivity index (χ1v) is 20.8. The van der Waals surface area contributed by atoms with Gasteiger partial charge in [0.25, 0.3) is 0 Å². The molecule has 1 saturated carbocycles. The van der Waals surface area contributed by atoms with Gasteiger partial charge in [0.2, 0.25) is 0 Å².